The Morgan fingerprint density at radius 1 is 0.969 bits per heavy atom. The van der Waals surface area contributed by atoms with Gasteiger partial charge in [0.15, 0.2) is 0 Å². The van der Waals surface area contributed by atoms with Crippen LogP contribution in [0, 0.1) is 11.7 Å². The highest BCUT2D eigenvalue weighted by molar-refractivity contribution is 6.03. The fraction of sp³-hybridized carbons (Fsp3) is 0.231. The number of anilines is 1. The maximum absolute atomic E-state index is 13.4. The zero-order chi connectivity index (χ0) is 22.5. The number of rotatable bonds is 8. The largest absolute Gasteiger partial charge is 0.489 e. The molecule has 0 radical (unpaired) electrons. The van der Waals surface area contributed by atoms with E-state index in [0.29, 0.717) is 18.7 Å². The molecular weight excluding hydrogens is 409 g/mol. The Morgan fingerprint density at radius 2 is 1.66 bits per heavy atom. The molecule has 3 aromatic carbocycles. The molecule has 0 aromatic heterocycles. The maximum Gasteiger partial charge on any atom is 0.305 e. The molecule has 6 heteroatoms. The minimum atomic E-state index is -0.361. The second kappa shape index (κ2) is 9.64. The summed E-state index contributed by atoms with van der Waals surface area (Å²) in [5.41, 5.74) is 2.63. The highest BCUT2D eigenvalue weighted by Crippen LogP contribution is 2.45. The topological polar surface area (TPSA) is 55.8 Å². The molecule has 164 valence electrons. The molecule has 32 heavy (non-hydrogen) atoms. The second-order valence-corrected chi connectivity index (χ2v) is 7.69. The lowest BCUT2D eigenvalue weighted by Crippen LogP contribution is -2.55. The lowest BCUT2D eigenvalue weighted by atomic mass is 9.79. The molecule has 5 nitrogen and oxygen atoms in total. The molecule has 0 spiro atoms. The van der Waals surface area contributed by atoms with E-state index in [9.17, 15) is 14.0 Å². The Morgan fingerprint density at radius 3 is 2.31 bits per heavy atom. The number of halogens is 1. The number of methoxy groups -OCH3 is 1. The van der Waals surface area contributed by atoms with Crippen molar-refractivity contribution in [2.45, 2.75) is 25.5 Å². The predicted octanol–water partition coefficient (Wildman–Crippen LogP) is 5.06. The highest BCUT2D eigenvalue weighted by atomic mass is 19.1. The van der Waals surface area contributed by atoms with Crippen molar-refractivity contribution in [2.24, 2.45) is 5.92 Å². The van der Waals surface area contributed by atoms with Crippen LogP contribution in [0.5, 0.6) is 5.75 Å². The average molecular weight is 433 g/mol. The zero-order valence-electron chi connectivity index (χ0n) is 17.7. The summed E-state index contributed by atoms with van der Waals surface area (Å²) >= 11 is 0. The van der Waals surface area contributed by atoms with Crippen molar-refractivity contribution in [3.63, 3.8) is 0 Å². The number of hydrogen-bond acceptors (Lipinski definition) is 4. The van der Waals surface area contributed by atoms with Gasteiger partial charge in [0, 0.05) is 12.1 Å². The van der Waals surface area contributed by atoms with E-state index in [1.165, 1.54) is 19.2 Å². The number of amides is 1. The smallest absolute Gasteiger partial charge is 0.305 e. The summed E-state index contributed by atoms with van der Waals surface area (Å²) in [7, 11) is 1.33. The normalized spacial score (nSPS) is 17.6. The minimum Gasteiger partial charge on any atom is -0.489 e. The van der Waals surface area contributed by atoms with Gasteiger partial charge in [0.25, 0.3) is 0 Å². The summed E-state index contributed by atoms with van der Waals surface area (Å²) in [5.74, 6) is -0.422. The molecule has 1 unspecified atom stereocenters. The van der Waals surface area contributed by atoms with Crippen molar-refractivity contribution < 1.29 is 23.5 Å². The van der Waals surface area contributed by atoms with Gasteiger partial charge in [-0.05, 0) is 53.9 Å². The number of ether oxygens (including phenoxy) is 2. The Kier molecular flexibility index (Phi) is 6.50. The van der Waals surface area contributed by atoms with Gasteiger partial charge in [-0.1, -0.05) is 42.5 Å². The Bertz CT molecular complexity index is 1070. The van der Waals surface area contributed by atoms with E-state index in [1.807, 2.05) is 54.6 Å². The molecule has 0 aliphatic carbocycles. The van der Waals surface area contributed by atoms with E-state index in [1.54, 1.807) is 17.0 Å². The SMILES string of the molecule is COC(=O)CC[C@H]1C(=O)N(c2ccc(F)cc2)C1c1ccc(OCc2ccccc2)cc1. The number of hydrogen-bond donors (Lipinski definition) is 0. The molecule has 1 fully saturated rings. The van der Waals surface area contributed by atoms with Crippen LogP contribution in [0.15, 0.2) is 78.9 Å². The van der Waals surface area contributed by atoms with Gasteiger partial charge in [0.1, 0.15) is 18.2 Å². The first-order valence-corrected chi connectivity index (χ1v) is 10.5. The maximum atomic E-state index is 13.4. The molecule has 0 N–H and O–H groups in total. The number of nitrogens with zero attached hydrogens (tertiary/aromatic N) is 1. The van der Waals surface area contributed by atoms with E-state index in [4.69, 9.17) is 9.47 Å². The van der Waals surface area contributed by atoms with Crippen LogP contribution in [0.25, 0.3) is 0 Å². The monoisotopic (exact) mass is 433 g/mol. The number of carbonyl (C=O) groups is 2. The summed E-state index contributed by atoms with van der Waals surface area (Å²) in [6.45, 7) is 0.464. The second-order valence-electron chi connectivity index (χ2n) is 7.69. The number of β-lactam (4-membered cyclic amide) rings is 1. The van der Waals surface area contributed by atoms with Gasteiger partial charge in [-0.3, -0.25) is 9.59 Å². The quantitative estimate of drug-likeness (QED) is 0.368. The van der Waals surface area contributed by atoms with Crippen molar-refractivity contribution in [2.75, 3.05) is 12.0 Å². The lowest BCUT2D eigenvalue weighted by molar-refractivity contribution is -0.141. The van der Waals surface area contributed by atoms with Crippen molar-refractivity contribution in [3.05, 3.63) is 95.8 Å². The Balaban J connectivity index is 1.52. The van der Waals surface area contributed by atoms with Crippen LogP contribution >= 0.6 is 0 Å². The van der Waals surface area contributed by atoms with Crippen molar-refractivity contribution >= 4 is 17.6 Å². The lowest BCUT2D eigenvalue weighted by Gasteiger charge is -2.47. The molecular formula is C26H24FNO4. The van der Waals surface area contributed by atoms with Crippen LogP contribution in [0.4, 0.5) is 10.1 Å². The van der Waals surface area contributed by atoms with E-state index >= 15 is 0 Å². The van der Waals surface area contributed by atoms with E-state index in [0.717, 1.165) is 16.9 Å². The van der Waals surface area contributed by atoms with Gasteiger partial charge in [-0.25, -0.2) is 4.39 Å². The molecule has 1 saturated heterocycles. The van der Waals surface area contributed by atoms with Crippen LogP contribution in [-0.2, 0) is 20.9 Å². The zero-order valence-corrected chi connectivity index (χ0v) is 17.7. The fourth-order valence-electron chi connectivity index (χ4n) is 3.98. The molecule has 0 bridgehead atoms. The molecule has 1 heterocycles. The summed E-state index contributed by atoms with van der Waals surface area (Å²) < 4.78 is 24.0. The van der Waals surface area contributed by atoms with Crippen LogP contribution in [-0.4, -0.2) is 19.0 Å². The number of benzene rings is 3. The standard InChI is InChI=1S/C26H24FNO4/c1-31-24(29)16-15-23-25(28(26(23)30)21-11-9-20(27)10-12-21)19-7-13-22(14-8-19)32-17-18-5-3-2-4-6-18/h2-14,23,25H,15-17H2,1H3/t23-,25?/m1/s1. The van der Waals surface area contributed by atoms with Crippen LogP contribution in [0.1, 0.15) is 30.0 Å². The molecule has 1 aliphatic heterocycles. The summed E-state index contributed by atoms with van der Waals surface area (Å²) in [5, 5.41) is 0. The van der Waals surface area contributed by atoms with Gasteiger partial charge in [0.05, 0.1) is 19.1 Å². The van der Waals surface area contributed by atoms with Crippen LogP contribution in [0.2, 0.25) is 0 Å². The van der Waals surface area contributed by atoms with E-state index in [2.05, 4.69) is 0 Å². The third kappa shape index (κ3) is 4.64. The first kappa shape index (κ1) is 21.6. The Hall–Kier alpha value is -3.67. The summed E-state index contributed by atoms with van der Waals surface area (Å²) in [4.78, 5) is 26.2. The highest BCUT2D eigenvalue weighted by Gasteiger charge is 2.48. The summed E-state index contributed by atoms with van der Waals surface area (Å²) in [6.07, 6.45) is 0.555. The minimum absolute atomic E-state index is 0.0880. The van der Waals surface area contributed by atoms with Crippen LogP contribution < -0.4 is 9.64 Å². The van der Waals surface area contributed by atoms with E-state index in [-0.39, 0.29) is 36.1 Å². The molecule has 4 rings (SSSR count). The van der Waals surface area contributed by atoms with Crippen LogP contribution in [0.3, 0.4) is 0 Å². The van der Waals surface area contributed by atoms with Gasteiger partial charge in [-0.15, -0.1) is 0 Å². The summed E-state index contributed by atoms with van der Waals surface area (Å²) in [6, 6.07) is 23.1. The van der Waals surface area contributed by atoms with Crippen molar-refractivity contribution in [3.8, 4) is 5.75 Å². The molecule has 1 aliphatic rings. The number of carbonyl (C=O) groups excluding carboxylic acids is 2. The number of esters is 1. The van der Waals surface area contributed by atoms with E-state index < -0.39 is 0 Å². The Labute approximate surface area is 186 Å². The van der Waals surface area contributed by atoms with Gasteiger partial charge < -0.3 is 14.4 Å². The van der Waals surface area contributed by atoms with Gasteiger partial charge in [0.2, 0.25) is 5.91 Å². The molecule has 3 aromatic rings. The predicted molar refractivity (Wildman–Crippen MR) is 119 cm³/mol. The average Bonchev–Trinajstić information content (AvgIpc) is 2.83. The van der Waals surface area contributed by atoms with Crippen molar-refractivity contribution in [1.29, 1.82) is 0 Å². The molecule has 0 saturated carbocycles. The first-order chi connectivity index (χ1) is 15.6. The third-order valence-corrected chi connectivity index (χ3v) is 5.68. The van der Waals surface area contributed by atoms with Gasteiger partial charge >= 0.3 is 5.97 Å². The van der Waals surface area contributed by atoms with Gasteiger partial charge in [-0.2, -0.15) is 0 Å². The van der Waals surface area contributed by atoms with Crippen molar-refractivity contribution in [1.82, 2.24) is 0 Å². The molecule has 2 atom stereocenters. The fourth-order valence-corrected chi connectivity index (χ4v) is 3.98. The third-order valence-electron chi connectivity index (χ3n) is 5.68. The first-order valence-electron chi connectivity index (χ1n) is 10.5. The molecule has 1 amide bonds.